The Labute approximate surface area is 189 Å². The van der Waals surface area contributed by atoms with Gasteiger partial charge in [-0.3, -0.25) is 4.90 Å². The maximum atomic E-state index is 3.48. The van der Waals surface area contributed by atoms with Crippen LogP contribution in [0.1, 0.15) is 47.9 Å². The van der Waals surface area contributed by atoms with Crippen LogP contribution in [0.2, 0.25) is 0 Å². The van der Waals surface area contributed by atoms with E-state index >= 15 is 0 Å². The van der Waals surface area contributed by atoms with Crippen molar-refractivity contribution in [3.8, 4) is 0 Å². The van der Waals surface area contributed by atoms with Crippen LogP contribution in [0.25, 0.3) is 0 Å². The zero-order valence-corrected chi connectivity index (χ0v) is 19.1. The summed E-state index contributed by atoms with van der Waals surface area (Å²) in [4.78, 5) is 2.62. The fourth-order valence-electron chi connectivity index (χ4n) is 4.75. The predicted octanol–water partition coefficient (Wildman–Crippen LogP) is 5.45. The molecule has 1 saturated heterocycles. The molecule has 1 N–H and O–H groups in total. The minimum absolute atomic E-state index is 0. The number of benzene rings is 2. The van der Waals surface area contributed by atoms with Gasteiger partial charge < -0.3 is 5.32 Å². The van der Waals surface area contributed by atoms with Crippen molar-refractivity contribution in [2.45, 2.75) is 51.5 Å². The van der Waals surface area contributed by atoms with Gasteiger partial charge in [-0.25, -0.2) is 0 Å². The smallest absolute Gasteiger partial charge is 0.0233 e. The molecule has 29 heavy (non-hydrogen) atoms. The fourth-order valence-corrected chi connectivity index (χ4v) is 4.75. The Hall–Kier alpha value is -1.06. The van der Waals surface area contributed by atoms with Crippen LogP contribution in [0.4, 0.5) is 0 Å². The van der Waals surface area contributed by atoms with E-state index in [0.29, 0.717) is 0 Å². The van der Waals surface area contributed by atoms with E-state index in [1.807, 2.05) is 0 Å². The first kappa shape index (κ1) is 24.2. The Morgan fingerprint density at radius 2 is 1.55 bits per heavy atom. The van der Waals surface area contributed by atoms with Gasteiger partial charge in [-0.2, -0.15) is 0 Å². The predicted molar refractivity (Wildman–Crippen MR) is 129 cm³/mol. The molecule has 0 radical (unpaired) electrons. The zero-order valence-electron chi connectivity index (χ0n) is 17.4. The molecule has 2 nitrogen and oxygen atoms in total. The first-order valence-electron chi connectivity index (χ1n) is 10.9. The van der Waals surface area contributed by atoms with Crippen molar-refractivity contribution in [3.05, 3.63) is 70.8 Å². The first-order chi connectivity index (χ1) is 13.4. The molecule has 0 aliphatic carbocycles. The molecule has 0 amide bonds. The lowest BCUT2D eigenvalue weighted by Crippen LogP contribution is -2.27. The minimum Gasteiger partial charge on any atom is -0.317 e. The largest absolute Gasteiger partial charge is 0.317 e. The number of nitrogens with one attached hydrogen (secondary N) is 1. The lowest BCUT2D eigenvalue weighted by molar-refractivity contribution is 0.279. The molecule has 0 bridgehead atoms. The average Bonchev–Trinajstić information content (AvgIpc) is 2.92. The molecule has 2 heterocycles. The summed E-state index contributed by atoms with van der Waals surface area (Å²) in [6.45, 7) is 5.89. The molecular weight excluding hydrogens is 399 g/mol. The van der Waals surface area contributed by atoms with Crippen LogP contribution in [0, 0.1) is 5.92 Å². The number of nitrogens with zero attached hydrogens (tertiary/aromatic N) is 1. The van der Waals surface area contributed by atoms with E-state index in [0.717, 1.165) is 12.5 Å². The standard InChI is InChI=1S/C25H34N2.2ClH/c1-2-5-23(6-3-1)20-27-17-13-24-10-9-22(19-25(24)14-18-27)8-4-7-21-11-15-26-16-12-21;;/h1-3,5-6,9-10,19,21,26H,4,7-8,11-18,20H2;2*1H. The number of hydrogen-bond acceptors (Lipinski definition) is 2. The van der Waals surface area contributed by atoms with E-state index in [1.54, 1.807) is 16.7 Å². The van der Waals surface area contributed by atoms with Gasteiger partial charge in [-0.15, -0.1) is 24.8 Å². The second kappa shape index (κ2) is 12.6. The van der Waals surface area contributed by atoms with E-state index in [-0.39, 0.29) is 24.8 Å². The molecule has 2 aliphatic heterocycles. The van der Waals surface area contributed by atoms with Crippen molar-refractivity contribution in [3.63, 3.8) is 0 Å². The van der Waals surface area contributed by atoms with E-state index < -0.39 is 0 Å². The van der Waals surface area contributed by atoms with Gasteiger partial charge >= 0.3 is 0 Å². The molecule has 0 aromatic heterocycles. The molecule has 4 heteroatoms. The second-order valence-electron chi connectivity index (χ2n) is 8.45. The maximum absolute atomic E-state index is 3.48. The summed E-state index contributed by atoms with van der Waals surface area (Å²) in [5, 5.41) is 3.48. The zero-order chi connectivity index (χ0) is 18.3. The number of fused-ring (bicyclic) bond motifs is 1. The summed E-state index contributed by atoms with van der Waals surface area (Å²) in [6, 6.07) is 18.2. The Kier molecular flexibility index (Phi) is 10.5. The quantitative estimate of drug-likeness (QED) is 0.649. The molecule has 2 aliphatic rings. The molecule has 2 aromatic carbocycles. The van der Waals surface area contributed by atoms with Crippen LogP contribution in [-0.4, -0.2) is 31.1 Å². The molecule has 0 atom stereocenters. The first-order valence-corrected chi connectivity index (χ1v) is 10.9. The SMILES string of the molecule is Cl.Cl.c1ccc(CN2CCc3ccc(CCCC4CCNCC4)cc3CC2)cc1. The van der Waals surface area contributed by atoms with Crippen LogP contribution in [0.3, 0.4) is 0 Å². The number of piperidine rings is 1. The van der Waals surface area contributed by atoms with E-state index in [1.165, 1.54) is 76.7 Å². The van der Waals surface area contributed by atoms with Gasteiger partial charge in [0.05, 0.1) is 0 Å². The number of halogens is 2. The van der Waals surface area contributed by atoms with Gasteiger partial charge in [0.2, 0.25) is 0 Å². The molecule has 0 spiro atoms. The molecule has 0 unspecified atom stereocenters. The summed E-state index contributed by atoms with van der Waals surface area (Å²) in [5.74, 6) is 0.957. The van der Waals surface area contributed by atoms with Crippen LogP contribution in [-0.2, 0) is 25.8 Å². The summed E-state index contributed by atoms with van der Waals surface area (Å²) < 4.78 is 0. The number of rotatable bonds is 6. The third-order valence-electron chi connectivity index (χ3n) is 6.45. The summed E-state index contributed by atoms with van der Waals surface area (Å²) >= 11 is 0. The number of hydrogen-bond donors (Lipinski definition) is 1. The highest BCUT2D eigenvalue weighted by molar-refractivity contribution is 5.85. The Morgan fingerprint density at radius 3 is 2.31 bits per heavy atom. The minimum atomic E-state index is 0. The lowest BCUT2D eigenvalue weighted by Gasteiger charge is -2.22. The van der Waals surface area contributed by atoms with Gasteiger partial charge in [-0.05, 0) is 79.8 Å². The fraction of sp³-hybridized carbons (Fsp3) is 0.520. The molecular formula is C25H36Cl2N2. The highest BCUT2D eigenvalue weighted by atomic mass is 35.5. The van der Waals surface area contributed by atoms with Crippen LogP contribution in [0.5, 0.6) is 0 Å². The van der Waals surface area contributed by atoms with Gasteiger partial charge in [0, 0.05) is 19.6 Å². The van der Waals surface area contributed by atoms with Crippen molar-refractivity contribution in [2.24, 2.45) is 5.92 Å². The van der Waals surface area contributed by atoms with Gasteiger partial charge in [0.15, 0.2) is 0 Å². The topological polar surface area (TPSA) is 15.3 Å². The third kappa shape index (κ3) is 7.29. The summed E-state index contributed by atoms with van der Waals surface area (Å²) in [5.41, 5.74) is 6.17. The molecule has 160 valence electrons. The second-order valence-corrected chi connectivity index (χ2v) is 8.45. The highest BCUT2D eigenvalue weighted by Gasteiger charge is 2.15. The van der Waals surface area contributed by atoms with Crippen molar-refractivity contribution in [1.82, 2.24) is 10.2 Å². The number of aryl methyl sites for hydroxylation is 1. The molecule has 0 saturated carbocycles. The van der Waals surface area contributed by atoms with Gasteiger partial charge in [0.25, 0.3) is 0 Å². The molecule has 4 rings (SSSR count). The Bertz CT molecular complexity index is 714. The summed E-state index contributed by atoms with van der Waals surface area (Å²) in [7, 11) is 0. The van der Waals surface area contributed by atoms with Gasteiger partial charge in [-0.1, -0.05) is 55.0 Å². The molecule has 2 aromatic rings. The van der Waals surface area contributed by atoms with Gasteiger partial charge in [0.1, 0.15) is 0 Å². The Balaban J connectivity index is 0.00000150. The lowest BCUT2D eigenvalue weighted by atomic mass is 9.91. The Morgan fingerprint density at radius 1 is 0.828 bits per heavy atom. The monoisotopic (exact) mass is 434 g/mol. The van der Waals surface area contributed by atoms with Crippen molar-refractivity contribution < 1.29 is 0 Å². The van der Waals surface area contributed by atoms with E-state index in [2.05, 4.69) is 58.7 Å². The van der Waals surface area contributed by atoms with Crippen LogP contribution >= 0.6 is 24.8 Å². The van der Waals surface area contributed by atoms with Crippen molar-refractivity contribution in [1.29, 1.82) is 0 Å². The molecule has 1 fully saturated rings. The van der Waals surface area contributed by atoms with Crippen LogP contribution in [0.15, 0.2) is 48.5 Å². The van der Waals surface area contributed by atoms with Crippen molar-refractivity contribution >= 4 is 24.8 Å². The highest BCUT2D eigenvalue weighted by Crippen LogP contribution is 2.22. The third-order valence-corrected chi connectivity index (χ3v) is 6.45. The van der Waals surface area contributed by atoms with E-state index in [9.17, 15) is 0 Å². The van der Waals surface area contributed by atoms with Crippen LogP contribution < -0.4 is 5.32 Å². The normalized spacial score (nSPS) is 17.5. The summed E-state index contributed by atoms with van der Waals surface area (Å²) in [6.07, 6.45) is 9.16. The van der Waals surface area contributed by atoms with E-state index in [4.69, 9.17) is 0 Å². The average molecular weight is 435 g/mol. The maximum Gasteiger partial charge on any atom is 0.0233 e. The van der Waals surface area contributed by atoms with Crippen molar-refractivity contribution in [2.75, 3.05) is 26.2 Å².